The lowest BCUT2D eigenvalue weighted by Gasteiger charge is -2.09. The Morgan fingerprint density at radius 3 is 2.68 bits per heavy atom. The fourth-order valence-corrected chi connectivity index (χ4v) is 2.55. The molecule has 0 aliphatic rings. The van der Waals surface area contributed by atoms with Gasteiger partial charge in [0, 0.05) is 0 Å². The molecule has 0 saturated carbocycles. The fraction of sp³-hybridized carbons (Fsp3) is 0.267. The molecule has 0 atom stereocenters. The van der Waals surface area contributed by atoms with Crippen LogP contribution in [0.15, 0.2) is 16.9 Å². The van der Waals surface area contributed by atoms with Gasteiger partial charge in [-0.3, -0.25) is 4.98 Å². The Morgan fingerprint density at radius 2 is 2.00 bits per heavy atom. The molecular formula is C15H15FN4O2. The standard InChI is InChI=1S/C15H15FN4O2/c1-7-5-12(22-4)11(16)6-10(7)13-8(2)19-20-14(13)17-9(3)18-15(20)21/h5-6H,1-4H3,(H,17,18,21). The van der Waals surface area contributed by atoms with Crippen LogP contribution in [0.5, 0.6) is 5.75 Å². The summed E-state index contributed by atoms with van der Waals surface area (Å²) in [7, 11) is 1.42. The Morgan fingerprint density at radius 1 is 1.27 bits per heavy atom. The van der Waals surface area contributed by atoms with Gasteiger partial charge >= 0.3 is 5.69 Å². The zero-order chi connectivity index (χ0) is 16.0. The van der Waals surface area contributed by atoms with Gasteiger partial charge in [0.2, 0.25) is 0 Å². The van der Waals surface area contributed by atoms with Crippen LogP contribution in [-0.4, -0.2) is 26.7 Å². The van der Waals surface area contributed by atoms with E-state index in [9.17, 15) is 9.18 Å². The van der Waals surface area contributed by atoms with Gasteiger partial charge in [-0.1, -0.05) is 0 Å². The Labute approximate surface area is 125 Å². The summed E-state index contributed by atoms with van der Waals surface area (Å²) in [6.07, 6.45) is 0. The molecule has 3 rings (SSSR count). The molecular weight excluding hydrogens is 287 g/mol. The third-order valence-corrected chi connectivity index (χ3v) is 3.56. The summed E-state index contributed by atoms with van der Waals surface area (Å²) in [5.41, 5.74) is 2.75. The van der Waals surface area contributed by atoms with E-state index in [0.29, 0.717) is 28.3 Å². The molecule has 0 unspecified atom stereocenters. The highest BCUT2D eigenvalue weighted by molar-refractivity contribution is 5.82. The maximum absolute atomic E-state index is 14.1. The smallest absolute Gasteiger partial charge is 0.349 e. The number of benzene rings is 1. The number of hydrogen-bond donors (Lipinski definition) is 1. The number of fused-ring (bicyclic) bond motifs is 1. The van der Waals surface area contributed by atoms with Crippen molar-refractivity contribution in [1.29, 1.82) is 0 Å². The molecule has 7 heteroatoms. The summed E-state index contributed by atoms with van der Waals surface area (Å²) in [5.74, 6) is 0.186. The van der Waals surface area contributed by atoms with Crippen LogP contribution in [-0.2, 0) is 0 Å². The number of rotatable bonds is 2. The maximum Gasteiger partial charge on any atom is 0.349 e. The van der Waals surface area contributed by atoms with Crippen LogP contribution < -0.4 is 10.4 Å². The van der Waals surface area contributed by atoms with Crippen LogP contribution in [0.2, 0.25) is 0 Å². The molecule has 3 aromatic rings. The number of nitrogens with zero attached hydrogens (tertiary/aromatic N) is 3. The summed E-state index contributed by atoms with van der Waals surface area (Å²) in [6, 6.07) is 3.00. The van der Waals surface area contributed by atoms with Gasteiger partial charge in [0.1, 0.15) is 5.82 Å². The fourth-order valence-electron chi connectivity index (χ4n) is 2.55. The quantitative estimate of drug-likeness (QED) is 0.787. The molecule has 6 nitrogen and oxygen atoms in total. The molecule has 22 heavy (non-hydrogen) atoms. The van der Waals surface area contributed by atoms with Crippen molar-refractivity contribution >= 4 is 5.65 Å². The normalized spacial score (nSPS) is 11.1. The molecule has 0 radical (unpaired) electrons. The first kappa shape index (κ1) is 14.2. The molecule has 0 saturated heterocycles. The van der Waals surface area contributed by atoms with E-state index in [-0.39, 0.29) is 11.4 Å². The van der Waals surface area contributed by atoms with E-state index in [2.05, 4.69) is 15.1 Å². The van der Waals surface area contributed by atoms with E-state index in [1.807, 2.05) is 6.92 Å². The van der Waals surface area contributed by atoms with E-state index in [4.69, 9.17) is 4.74 Å². The first-order valence-corrected chi connectivity index (χ1v) is 6.73. The van der Waals surface area contributed by atoms with Gasteiger partial charge in [0.25, 0.3) is 0 Å². The van der Waals surface area contributed by atoms with Crippen LogP contribution in [0.3, 0.4) is 0 Å². The number of aryl methyl sites for hydroxylation is 3. The van der Waals surface area contributed by atoms with Crippen LogP contribution in [0.25, 0.3) is 16.8 Å². The van der Waals surface area contributed by atoms with Crippen molar-refractivity contribution in [3.05, 3.63) is 45.5 Å². The minimum absolute atomic E-state index is 0.178. The molecule has 0 fully saturated rings. The third kappa shape index (κ3) is 2.05. The lowest BCUT2D eigenvalue weighted by molar-refractivity contribution is 0.386. The molecule has 0 bridgehead atoms. The van der Waals surface area contributed by atoms with Crippen LogP contribution in [0, 0.1) is 26.6 Å². The average Bonchev–Trinajstić information content (AvgIpc) is 2.77. The van der Waals surface area contributed by atoms with Gasteiger partial charge in [-0.2, -0.15) is 9.61 Å². The van der Waals surface area contributed by atoms with E-state index >= 15 is 0 Å². The van der Waals surface area contributed by atoms with E-state index in [1.165, 1.54) is 17.7 Å². The highest BCUT2D eigenvalue weighted by Gasteiger charge is 2.19. The summed E-state index contributed by atoms with van der Waals surface area (Å²) in [5, 5.41) is 4.20. The zero-order valence-electron chi connectivity index (χ0n) is 12.7. The highest BCUT2D eigenvalue weighted by atomic mass is 19.1. The number of halogens is 1. The molecule has 0 amide bonds. The second-order valence-corrected chi connectivity index (χ2v) is 5.12. The van der Waals surface area contributed by atoms with Crippen LogP contribution >= 0.6 is 0 Å². The lowest BCUT2D eigenvalue weighted by Crippen LogP contribution is -2.19. The summed E-state index contributed by atoms with van der Waals surface area (Å²) in [4.78, 5) is 18.9. The van der Waals surface area contributed by atoms with Gasteiger partial charge in [0.05, 0.1) is 18.4 Å². The molecule has 1 N–H and O–H groups in total. The molecule has 0 aliphatic carbocycles. The second kappa shape index (κ2) is 4.94. The average molecular weight is 302 g/mol. The Bertz CT molecular complexity index is 943. The van der Waals surface area contributed by atoms with Crippen molar-refractivity contribution in [3.63, 3.8) is 0 Å². The maximum atomic E-state index is 14.1. The van der Waals surface area contributed by atoms with Gasteiger partial charge in [0.15, 0.2) is 17.2 Å². The third-order valence-electron chi connectivity index (χ3n) is 3.56. The predicted molar refractivity (Wildman–Crippen MR) is 79.8 cm³/mol. The molecule has 1 aromatic carbocycles. The van der Waals surface area contributed by atoms with Gasteiger partial charge in [-0.25, -0.2) is 14.2 Å². The van der Waals surface area contributed by atoms with Crippen molar-refractivity contribution in [2.45, 2.75) is 20.8 Å². The Balaban J connectivity index is 2.38. The number of H-pyrrole nitrogens is 1. The summed E-state index contributed by atoms with van der Waals surface area (Å²) < 4.78 is 20.3. The topological polar surface area (TPSA) is 72.3 Å². The van der Waals surface area contributed by atoms with Crippen molar-refractivity contribution in [2.75, 3.05) is 7.11 Å². The monoisotopic (exact) mass is 302 g/mol. The van der Waals surface area contributed by atoms with Crippen molar-refractivity contribution in [1.82, 2.24) is 19.6 Å². The van der Waals surface area contributed by atoms with Crippen LogP contribution in [0.4, 0.5) is 4.39 Å². The molecule has 2 aromatic heterocycles. The Kier molecular flexibility index (Phi) is 3.20. The molecule has 2 heterocycles. The molecule has 114 valence electrons. The second-order valence-electron chi connectivity index (χ2n) is 5.12. The lowest BCUT2D eigenvalue weighted by atomic mass is 10.00. The zero-order valence-corrected chi connectivity index (χ0v) is 12.7. The SMILES string of the molecule is COc1cc(C)c(-c2c(C)nn3c(=O)[nH]c(C)nc23)cc1F. The Hall–Kier alpha value is -2.70. The highest BCUT2D eigenvalue weighted by Crippen LogP contribution is 2.33. The van der Waals surface area contributed by atoms with Crippen molar-refractivity contribution in [3.8, 4) is 16.9 Å². The largest absolute Gasteiger partial charge is 0.494 e. The molecule has 0 aliphatic heterocycles. The first-order chi connectivity index (χ1) is 10.4. The summed E-state index contributed by atoms with van der Waals surface area (Å²) in [6.45, 7) is 5.30. The minimum atomic E-state index is -0.469. The van der Waals surface area contributed by atoms with E-state index in [1.54, 1.807) is 19.9 Å². The van der Waals surface area contributed by atoms with Crippen LogP contribution in [0.1, 0.15) is 17.1 Å². The van der Waals surface area contributed by atoms with Crippen molar-refractivity contribution < 1.29 is 9.13 Å². The van der Waals surface area contributed by atoms with Crippen molar-refractivity contribution in [2.24, 2.45) is 0 Å². The number of aromatic amines is 1. The van der Waals surface area contributed by atoms with E-state index in [0.717, 1.165) is 5.56 Å². The number of aromatic nitrogens is 4. The predicted octanol–water partition coefficient (Wildman–Crippen LogP) is 2.16. The minimum Gasteiger partial charge on any atom is -0.494 e. The van der Waals surface area contributed by atoms with E-state index < -0.39 is 5.82 Å². The molecule has 0 spiro atoms. The number of methoxy groups -OCH3 is 1. The first-order valence-electron chi connectivity index (χ1n) is 6.73. The summed E-state index contributed by atoms with van der Waals surface area (Å²) >= 11 is 0. The number of ether oxygens (including phenoxy) is 1. The van der Waals surface area contributed by atoms with Gasteiger partial charge in [-0.15, -0.1) is 0 Å². The number of nitrogens with one attached hydrogen (secondary N) is 1. The van der Waals surface area contributed by atoms with Gasteiger partial charge < -0.3 is 4.74 Å². The van der Waals surface area contributed by atoms with Gasteiger partial charge in [-0.05, 0) is 44.0 Å². The number of hydrogen-bond acceptors (Lipinski definition) is 4.